The van der Waals surface area contributed by atoms with E-state index in [1.54, 1.807) is 4.31 Å². The second-order valence-electron chi connectivity index (χ2n) is 5.57. The monoisotopic (exact) mass is 353 g/mol. The maximum absolute atomic E-state index is 12.3. The quantitative estimate of drug-likeness (QED) is 0.715. The number of nitrogens with one attached hydrogen (secondary N) is 2. The van der Waals surface area contributed by atoms with Crippen molar-refractivity contribution in [1.82, 2.24) is 14.3 Å². The second-order valence-corrected chi connectivity index (χ2v) is 9.88. The third kappa shape index (κ3) is 5.91. The van der Waals surface area contributed by atoms with Gasteiger partial charge in [-0.15, -0.1) is 0 Å². The standard InChI is InChI=1S/C13H27N3O2S3/c1-2-14-9-12-3-5-16(6-4-12)21(17,18)15-10-13-11-19-7-8-20-13/h12-15H,2-11H2,1H3. The van der Waals surface area contributed by atoms with Crippen LogP contribution in [0.15, 0.2) is 0 Å². The fourth-order valence-corrected chi connectivity index (χ4v) is 6.65. The Balaban J connectivity index is 1.72. The van der Waals surface area contributed by atoms with Crippen LogP contribution in [-0.2, 0) is 10.2 Å². The molecule has 0 aromatic carbocycles. The fourth-order valence-electron chi connectivity index (χ4n) is 2.65. The molecule has 2 rings (SSSR count). The molecule has 0 radical (unpaired) electrons. The van der Waals surface area contributed by atoms with Crippen LogP contribution >= 0.6 is 23.5 Å². The molecule has 2 fully saturated rings. The van der Waals surface area contributed by atoms with E-state index in [1.165, 1.54) is 5.75 Å². The largest absolute Gasteiger partial charge is 0.317 e. The summed E-state index contributed by atoms with van der Waals surface area (Å²) < 4.78 is 29.1. The van der Waals surface area contributed by atoms with Gasteiger partial charge in [-0.1, -0.05) is 6.92 Å². The Morgan fingerprint density at radius 3 is 2.57 bits per heavy atom. The van der Waals surface area contributed by atoms with E-state index in [0.717, 1.165) is 37.4 Å². The van der Waals surface area contributed by atoms with Crippen LogP contribution in [0, 0.1) is 5.92 Å². The van der Waals surface area contributed by atoms with E-state index in [1.807, 2.05) is 23.5 Å². The van der Waals surface area contributed by atoms with E-state index in [-0.39, 0.29) is 0 Å². The molecule has 0 aliphatic carbocycles. The van der Waals surface area contributed by atoms with Crippen LogP contribution in [0.4, 0.5) is 0 Å². The molecular weight excluding hydrogens is 326 g/mol. The number of rotatable bonds is 7. The van der Waals surface area contributed by atoms with Gasteiger partial charge in [0.05, 0.1) is 0 Å². The Morgan fingerprint density at radius 1 is 1.19 bits per heavy atom. The minimum atomic E-state index is -3.29. The Labute approximate surface area is 137 Å². The Bertz CT molecular complexity index is 391. The van der Waals surface area contributed by atoms with Crippen molar-refractivity contribution in [3.63, 3.8) is 0 Å². The van der Waals surface area contributed by atoms with Crippen LogP contribution in [0.25, 0.3) is 0 Å². The molecule has 21 heavy (non-hydrogen) atoms. The van der Waals surface area contributed by atoms with Gasteiger partial charge in [-0.25, -0.2) is 4.72 Å². The van der Waals surface area contributed by atoms with Crippen molar-refractivity contribution < 1.29 is 8.42 Å². The molecule has 0 aromatic rings. The number of thioether (sulfide) groups is 2. The van der Waals surface area contributed by atoms with Crippen molar-refractivity contribution in [2.24, 2.45) is 5.92 Å². The van der Waals surface area contributed by atoms with Gasteiger partial charge in [0.1, 0.15) is 0 Å². The number of piperidine rings is 1. The van der Waals surface area contributed by atoms with Crippen molar-refractivity contribution in [2.45, 2.75) is 25.0 Å². The van der Waals surface area contributed by atoms with Gasteiger partial charge < -0.3 is 5.32 Å². The fraction of sp³-hybridized carbons (Fsp3) is 1.00. The van der Waals surface area contributed by atoms with Crippen molar-refractivity contribution in [1.29, 1.82) is 0 Å². The van der Waals surface area contributed by atoms with Crippen molar-refractivity contribution in [2.75, 3.05) is 50.0 Å². The minimum Gasteiger partial charge on any atom is -0.317 e. The highest BCUT2D eigenvalue weighted by molar-refractivity contribution is 8.06. The first-order valence-corrected chi connectivity index (χ1v) is 11.4. The van der Waals surface area contributed by atoms with Crippen LogP contribution in [0.1, 0.15) is 19.8 Å². The highest BCUT2D eigenvalue weighted by Crippen LogP contribution is 2.24. The molecule has 0 bridgehead atoms. The number of hydrogen-bond acceptors (Lipinski definition) is 5. The van der Waals surface area contributed by atoms with Crippen LogP contribution in [0.5, 0.6) is 0 Å². The highest BCUT2D eigenvalue weighted by atomic mass is 32.2. The summed E-state index contributed by atoms with van der Waals surface area (Å²) in [6, 6.07) is 0. The predicted octanol–water partition coefficient (Wildman–Crippen LogP) is 0.991. The summed E-state index contributed by atoms with van der Waals surface area (Å²) in [6.07, 6.45) is 1.92. The minimum absolute atomic E-state index is 0.421. The molecule has 2 aliphatic heterocycles. The lowest BCUT2D eigenvalue weighted by Crippen LogP contribution is -2.47. The van der Waals surface area contributed by atoms with Crippen molar-refractivity contribution >= 4 is 33.7 Å². The predicted molar refractivity (Wildman–Crippen MR) is 93.3 cm³/mol. The maximum atomic E-state index is 12.3. The van der Waals surface area contributed by atoms with Crippen molar-refractivity contribution in [3.8, 4) is 0 Å². The average molecular weight is 354 g/mol. The lowest BCUT2D eigenvalue weighted by Gasteiger charge is -2.32. The smallest absolute Gasteiger partial charge is 0.279 e. The summed E-state index contributed by atoms with van der Waals surface area (Å²) >= 11 is 3.81. The van der Waals surface area contributed by atoms with E-state index in [0.29, 0.717) is 30.8 Å². The molecular formula is C13H27N3O2S3. The van der Waals surface area contributed by atoms with Gasteiger partial charge in [0.25, 0.3) is 10.2 Å². The molecule has 0 aromatic heterocycles. The normalized spacial score (nSPS) is 26.0. The van der Waals surface area contributed by atoms with Gasteiger partial charge in [0.15, 0.2) is 0 Å². The first kappa shape index (κ1) is 17.9. The third-order valence-electron chi connectivity index (χ3n) is 3.97. The number of nitrogens with zero attached hydrogens (tertiary/aromatic N) is 1. The molecule has 2 saturated heterocycles. The highest BCUT2D eigenvalue weighted by Gasteiger charge is 2.28. The van der Waals surface area contributed by atoms with Crippen LogP contribution in [-0.4, -0.2) is 68.0 Å². The topological polar surface area (TPSA) is 61.4 Å². The molecule has 2 aliphatic rings. The second kappa shape index (κ2) is 8.98. The summed E-state index contributed by atoms with van der Waals surface area (Å²) in [5.74, 6) is 3.99. The SMILES string of the molecule is CCNCC1CCN(S(=O)(=O)NCC2CSCCS2)CC1. The van der Waals surface area contributed by atoms with E-state index in [4.69, 9.17) is 0 Å². The summed E-state index contributed by atoms with van der Waals surface area (Å²) in [4.78, 5) is 0. The zero-order valence-electron chi connectivity index (χ0n) is 12.7. The summed E-state index contributed by atoms with van der Waals surface area (Å²) in [5, 5.41) is 3.77. The maximum Gasteiger partial charge on any atom is 0.279 e. The lowest BCUT2D eigenvalue weighted by atomic mass is 9.98. The van der Waals surface area contributed by atoms with Gasteiger partial charge in [-0.2, -0.15) is 36.2 Å². The molecule has 0 spiro atoms. The molecule has 0 amide bonds. The summed E-state index contributed by atoms with van der Waals surface area (Å²) in [5.41, 5.74) is 0. The van der Waals surface area contributed by atoms with E-state index in [2.05, 4.69) is 17.0 Å². The van der Waals surface area contributed by atoms with E-state index >= 15 is 0 Å². The Kier molecular flexibility index (Phi) is 7.64. The Hall–Kier alpha value is 0.530. The van der Waals surface area contributed by atoms with Gasteiger partial charge in [-0.05, 0) is 31.8 Å². The van der Waals surface area contributed by atoms with E-state index < -0.39 is 10.2 Å². The molecule has 1 unspecified atom stereocenters. The first-order chi connectivity index (χ1) is 10.1. The first-order valence-electron chi connectivity index (χ1n) is 7.76. The lowest BCUT2D eigenvalue weighted by molar-refractivity contribution is 0.266. The summed E-state index contributed by atoms with van der Waals surface area (Å²) in [7, 11) is -3.29. The van der Waals surface area contributed by atoms with E-state index in [9.17, 15) is 8.42 Å². The molecule has 124 valence electrons. The molecule has 8 heteroatoms. The van der Waals surface area contributed by atoms with Crippen LogP contribution in [0.2, 0.25) is 0 Å². The van der Waals surface area contributed by atoms with Crippen molar-refractivity contribution in [3.05, 3.63) is 0 Å². The Morgan fingerprint density at radius 2 is 1.95 bits per heavy atom. The van der Waals surface area contributed by atoms with Gasteiger partial charge in [0, 0.05) is 42.1 Å². The zero-order valence-corrected chi connectivity index (χ0v) is 15.2. The van der Waals surface area contributed by atoms with Crippen LogP contribution < -0.4 is 10.0 Å². The summed E-state index contributed by atoms with van der Waals surface area (Å²) in [6.45, 7) is 5.96. The molecule has 5 nitrogen and oxygen atoms in total. The number of hydrogen-bond donors (Lipinski definition) is 2. The van der Waals surface area contributed by atoms with Gasteiger partial charge in [-0.3, -0.25) is 0 Å². The molecule has 2 N–H and O–H groups in total. The zero-order chi connectivity index (χ0) is 15.1. The molecule has 1 atom stereocenters. The van der Waals surface area contributed by atoms with Gasteiger partial charge in [0.2, 0.25) is 0 Å². The average Bonchev–Trinajstić information content (AvgIpc) is 2.52. The van der Waals surface area contributed by atoms with Crippen LogP contribution in [0.3, 0.4) is 0 Å². The van der Waals surface area contributed by atoms with Gasteiger partial charge >= 0.3 is 0 Å². The molecule has 0 saturated carbocycles. The third-order valence-corrected chi connectivity index (χ3v) is 8.40. The molecule has 2 heterocycles.